The van der Waals surface area contributed by atoms with Crippen LogP contribution in [-0.4, -0.2) is 58.2 Å². The van der Waals surface area contributed by atoms with E-state index in [0.29, 0.717) is 25.9 Å². The van der Waals surface area contributed by atoms with Gasteiger partial charge in [-0.1, -0.05) is 0 Å². The molecule has 7 nitrogen and oxygen atoms in total. The molecule has 1 aromatic rings. The smallest absolute Gasteiger partial charge is 0.409 e. The molecule has 0 unspecified atom stereocenters. The van der Waals surface area contributed by atoms with Gasteiger partial charge in [-0.25, -0.2) is 9.59 Å². The minimum Gasteiger partial charge on any atom is -0.477 e. The lowest BCUT2D eigenvalue weighted by atomic mass is 9.93. The number of carbonyl (C=O) groups excluding carboxylic acids is 1. The highest BCUT2D eigenvalue weighted by molar-refractivity contribution is 5.85. The molecule has 0 aromatic carbocycles. The van der Waals surface area contributed by atoms with Crippen molar-refractivity contribution >= 4 is 12.1 Å². The number of hydrogen-bond donors (Lipinski definition) is 1. The van der Waals surface area contributed by atoms with E-state index >= 15 is 0 Å². The Bertz CT molecular complexity index is 538. The van der Waals surface area contributed by atoms with E-state index in [2.05, 4.69) is 5.10 Å². The minimum atomic E-state index is -1.00. The van der Waals surface area contributed by atoms with Crippen LogP contribution in [0.15, 0.2) is 6.07 Å². The average Bonchev–Trinajstić information content (AvgIpc) is 2.90. The van der Waals surface area contributed by atoms with Crippen molar-refractivity contribution in [3.05, 3.63) is 17.5 Å². The molecule has 1 saturated heterocycles. The summed E-state index contributed by atoms with van der Waals surface area (Å²) in [4.78, 5) is 24.4. The largest absolute Gasteiger partial charge is 0.477 e. The fourth-order valence-electron chi connectivity index (χ4n) is 2.55. The third-order valence-electron chi connectivity index (χ3n) is 3.79. The Hall–Kier alpha value is -2.12. The molecule has 122 valence electrons. The molecule has 0 saturated carbocycles. The molecule has 0 aliphatic carbocycles. The van der Waals surface area contributed by atoms with E-state index in [1.54, 1.807) is 18.0 Å². The molecule has 1 amide bonds. The van der Waals surface area contributed by atoms with Crippen LogP contribution in [0.25, 0.3) is 0 Å². The van der Waals surface area contributed by atoms with Gasteiger partial charge in [-0.2, -0.15) is 5.10 Å². The Kier molecular flexibility index (Phi) is 5.35. The van der Waals surface area contributed by atoms with Crippen LogP contribution in [-0.2, 0) is 11.8 Å². The topological polar surface area (TPSA) is 84.7 Å². The molecule has 1 aliphatic rings. The van der Waals surface area contributed by atoms with Crippen LogP contribution < -0.4 is 0 Å². The van der Waals surface area contributed by atoms with Gasteiger partial charge in [0.25, 0.3) is 0 Å². The molecule has 1 fully saturated rings. The third kappa shape index (κ3) is 3.75. The van der Waals surface area contributed by atoms with Gasteiger partial charge < -0.3 is 14.7 Å². The zero-order valence-electron chi connectivity index (χ0n) is 12.5. The minimum absolute atomic E-state index is 0.0947. The van der Waals surface area contributed by atoms with Crippen molar-refractivity contribution in [1.29, 1.82) is 0 Å². The summed E-state index contributed by atoms with van der Waals surface area (Å²) < 4.78 is 18.3. The Morgan fingerprint density at radius 1 is 1.45 bits per heavy atom. The quantitative estimate of drug-likeness (QED) is 0.838. The van der Waals surface area contributed by atoms with Gasteiger partial charge in [0, 0.05) is 32.5 Å². The number of rotatable bonds is 5. The van der Waals surface area contributed by atoms with E-state index < -0.39 is 18.7 Å². The Morgan fingerprint density at radius 2 is 2.14 bits per heavy atom. The van der Waals surface area contributed by atoms with E-state index in [1.165, 1.54) is 4.68 Å². The number of piperidine rings is 1. The van der Waals surface area contributed by atoms with Crippen LogP contribution >= 0.6 is 0 Å². The summed E-state index contributed by atoms with van der Waals surface area (Å²) in [6.45, 7) is 0.647. The van der Waals surface area contributed by atoms with E-state index in [-0.39, 0.29) is 24.6 Å². The molecule has 2 heterocycles. The van der Waals surface area contributed by atoms with Gasteiger partial charge in [-0.15, -0.1) is 0 Å². The van der Waals surface area contributed by atoms with Gasteiger partial charge in [0.1, 0.15) is 5.69 Å². The van der Waals surface area contributed by atoms with Gasteiger partial charge in [0.2, 0.25) is 0 Å². The molecule has 0 atom stereocenters. The summed E-state index contributed by atoms with van der Waals surface area (Å²) in [5.74, 6) is -0.871. The van der Waals surface area contributed by atoms with E-state index in [0.717, 1.165) is 5.69 Å². The molecule has 1 N–H and O–H groups in total. The van der Waals surface area contributed by atoms with Gasteiger partial charge in [-0.05, 0) is 18.9 Å². The number of hydrogen-bond acceptors (Lipinski definition) is 4. The summed E-state index contributed by atoms with van der Waals surface area (Å²) in [5.41, 5.74) is 0.897. The zero-order valence-corrected chi connectivity index (χ0v) is 12.5. The first-order valence-corrected chi connectivity index (χ1v) is 7.27. The zero-order chi connectivity index (χ0) is 16.1. The van der Waals surface area contributed by atoms with E-state index in [4.69, 9.17) is 9.84 Å². The molecule has 2 rings (SSSR count). The number of amides is 1. The first-order chi connectivity index (χ1) is 10.5. The molecule has 22 heavy (non-hydrogen) atoms. The summed E-state index contributed by atoms with van der Waals surface area (Å²) in [6.07, 6.45) is 1.20. The van der Waals surface area contributed by atoms with E-state index in [9.17, 15) is 14.0 Å². The number of alkyl halides is 1. The first kappa shape index (κ1) is 16.3. The number of aryl methyl sites for hydroxylation is 1. The Labute approximate surface area is 127 Å². The van der Waals surface area contributed by atoms with Crippen molar-refractivity contribution in [2.24, 2.45) is 7.05 Å². The van der Waals surface area contributed by atoms with Crippen LogP contribution in [0.2, 0.25) is 0 Å². The standard InChI is InChI=1S/C14H20FN3O4/c1-17-12(13(19)20)9-11(16-17)10-3-6-18(7-4-10)14(21)22-8-2-5-15/h9-10H,2-8H2,1H3,(H,19,20). The number of ether oxygens (including phenoxy) is 1. The number of carboxylic acid groups (broad SMARTS) is 1. The van der Waals surface area contributed by atoms with Crippen molar-refractivity contribution in [2.45, 2.75) is 25.2 Å². The van der Waals surface area contributed by atoms with Crippen LogP contribution in [0.3, 0.4) is 0 Å². The van der Waals surface area contributed by atoms with Crippen LogP contribution in [0.1, 0.15) is 41.4 Å². The lowest BCUT2D eigenvalue weighted by Gasteiger charge is -2.30. The van der Waals surface area contributed by atoms with Gasteiger partial charge in [0.15, 0.2) is 0 Å². The predicted octanol–water partition coefficient (Wildman–Crippen LogP) is 1.79. The number of aromatic nitrogens is 2. The van der Waals surface area contributed by atoms with Crippen molar-refractivity contribution in [2.75, 3.05) is 26.4 Å². The van der Waals surface area contributed by atoms with Gasteiger partial charge >= 0.3 is 12.1 Å². The second-order valence-electron chi connectivity index (χ2n) is 5.30. The highest BCUT2D eigenvalue weighted by Crippen LogP contribution is 2.27. The fraction of sp³-hybridized carbons (Fsp3) is 0.643. The molecule has 0 spiro atoms. The number of carboxylic acids is 1. The Morgan fingerprint density at radius 3 is 2.68 bits per heavy atom. The molecule has 1 aromatic heterocycles. The van der Waals surface area contributed by atoms with Crippen LogP contribution in [0.4, 0.5) is 9.18 Å². The molecular weight excluding hydrogens is 293 g/mol. The molecule has 8 heteroatoms. The average molecular weight is 313 g/mol. The summed E-state index contributed by atoms with van der Waals surface area (Å²) in [5, 5.41) is 13.3. The van der Waals surface area contributed by atoms with Crippen LogP contribution in [0, 0.1) is 0 Å². The number of carbonyl (C=O) groups is 2. The lowest BCUT2D eigenvalue weighted by molar-refractivity contribution is 0.0684. The summed E-state index contributed by atoms with van der Waals surface area (Å²) >= 11 is 0. The fourth-order valence-corrected chi connectivity index (χ4v) is 2.55. The van der Waals surface area contributed by atoms with Crippen molar-refractivity contribution in [3.63, 3.8) is 0 Å². The first-order valence-electron chi connectivity index (χ1n) is 7.27. The second kappa shape index (κ2) is 7.24. The van der Waals surface area contributed by atoms with E-state index in [1.807, 2.05) is 0 Å². The molecule has 0 radical (unpaired) electrons. The lowest BCUT2D eigenvalue weighted by Crippen LogP contribution is -2.38. The third-order valence-corrected chi connectivity index (χ3v) is 3.79. The van der Waals surface area contributed by atoms with Crippen molar-refractivity contribution in [3.8, 4) is 0 Å². The normalized spacial score (nSPS) is 15.8. The maximum absolute atomic E-state index is 12.0. The number of halogens is 1. The predicted molar refractivity (Wildman–Crippen MR) is 75.7 cm³/mol. The number of nitrogens with zero attached hydrogens (tertiary/aromatic N) is 3. The second-order valence-corrected chi connectivity index (χ2v) is 5.30. The van der Waals surface area contributed by atoms with Gasteiger partial charge in [-0.3, -0.25) is 9.07 Å². The molecule has 1 aliphatic heterocycles. The highest BCUT2D eigenvalue weighted by atomic mass is 19.1. The summed E-state index contributed by atoms with van der Waals surface area (Å²) in [6, 6.07) is 1.59. The van der Waals surface area contributed by atoms with Gasteiger partial charge in [0.05, 0.1) is 19.0 Å². The monoisotopic (exact) mass is 313 g/mol. The molecular formula is C14H20FN3O4. The highest BCUT2D eigenvalue weighted by Gasteiger charge is 2.27. The maximum Gasteiger partial charge on any atom is 0.409 e. The SMILES string of the molecule is Cn1nc(C2CCN(C(=O)OCCCF)CC2)cc1C(=O)O. The number of likely N-dealkylation sites (tertiary alicyclic amines) is 1. The van der Waals surface area contributed by atoms with Crippen molar-refractivity contribution in [1.82, 2.24) is 14.7 Å². The maximum atomic E-state index is 12.0. The molecule has 0 bridgehead atoms. The summed E-state index contributed by atoms with van der Waals surface area (Å²) in [7, 11) is 1.60. The Balaban J connectivity index is 1.88. The number of aromatic carboxylic acids is 1. The van der Waals surface area contributed by atoms with Crippen molar-refractivity contribution < 1.29 is 23.8 Å². The van der Waals surface area contributed by atoms with Crippen LogP contribution in [0.5, 0.6) is 0 Å².